The fraction of sp³-hybridized carbons (Fsp3) is 0.516. The van der Waals surface area contributed by atoms with Crippen molar-refractivity contribution in [1.82, 2.24) is 29.6 Å². The van der Waals surface area contributed by atoms with E-state index in [4.69, 9.17) is 9.47 Å². The summed E-state index contributed by atoms with van der Waals surface area (Å²) in [6, 6.07) is 20.6. The molecule has 8 aliphatic rings. The molecule has 4 aliphatic carbocycles. The Labute approximate surface area is 530 Å². The van der Waals surface area contributed by atoms with Gasteiger partial charge in [0.1, 0.15) is 23.3 Å². The lowest BCUT2D eigenvalue weighted by atomic mass is 9.32. The molecule has 3 saturated carbocycles. The number of hydrogen-bond donors (Lipinski definition) is 3. The van der Waals surface area contributed by atoms with Crippen LogP contribution in [0, 0.1) is 16.2 Å². The molecule has 12 rings (SSSR count). The molecule has 1 unspecified atom stereocenters. The smallest absolute Gasteiger partial charge is 0.491 e. The predicted molar refractivity (Wildman–Crippen MR) is 330 cm³/mol. The third kappa shape index (κ3) is 14.4. The summed E-state index contributed by atoms with van der Waals surface area (Å²) in [4.78, 5) is 72.3. The number of anilines is 2. The van der Waals surface area contributed by atoms with Gasteiger partial charge in [-0.15, -0.1) is 11.8 Å². The summed E-state index contributed by atoms with van der Waals surface area (Å²) in [7, 11) is -11.1. The number of benzene rings is 4. The van der Waals surface area contributed by atoms with Gasteiger partial charge >= 0.3 is 5.51 Å². The first-order chi connectivity index (χ1) is 43.2. The summed E-state index contributed by atoms with van der Waals surface area (Å²) in [5.74, 6) is -2.87. The van der Waals surface area contributed by atoms with E-state index >= 15 is 0 Å². The zero-order chi connectivity index (χ0) is 64.7. The van der Waals surface area contributed by atoms with Gasteiger partial charge in [0.25, 0.3) is 37.6 Å². The molecule has 2 atom stereocenters. The summed E-state index contributed by atoms with van der Waals surface area (Å²) in [6.07, 6.45) is 2.84. The summed E-state index contributed by atoms with van der Waals surface area (Å²) < 4.78 is 139. The van der Waals surface area contributed by atoms with Gasteiger partial charge in [0, 0.05) is 112 Å². The largest absolute Gasteiger partial charge is 0.501 e. The lowest BCUT2D eigenvalue weighted by Crippen LogP contribution is -2.66. The number of rotatable bonds is 25. The molecule has 91 heavy (non-hydrogen) atoms. The maximum absolute atomic E-state index is 14.5. The standard InChI is InChI=1S/C64H75F5N8O11S3/c1-61(2)20-18-43(51(36-61)62-39-63(40-62,41-62)60(65)66)37-75-26-28-76(29-27-75)45-10-8-42(9-11-45)56(79)72-91(85,86)48-13-15-52(54(35-48)90(83,84)64(67,68)69)70-44(38-89-47-6-4-3-5-7-47)19-21-73-22-24-74(25-23-73)30-31-87-32-33-88-46-12-14-49-50(34-46)59(82)77(58(49)81)53-16-17-55(78)71-57(53)80/h3-15,34-35,44,53,60,70H,16-33,36-41H2,1-2H3,(H,72,79)(H,71,78,80)/t44-,53?,62?,63?/m1/s1. The van der Waals surface area contributed by atoms with Gasteiger partial charge in [0.05, 0.1) is 34.9 Å². The number of piperazine rings is 2. The van der Waals surface area contributed by atoms with E-state index in [0.29, 0.717) is 102 Å². The van der Waals surface area contributed by atoms with Crippen LogP contribution in [0.1, 0.15) is 103 Å². The number of sulfonamides is 1. The Morgan fingerprint density at radius 2 is 1.44 bits per heavy atom. The fourth-order valence-corrected chi connectivity index (χ4v) is 16.9. The number of carbonyl (C=O) groups is 5. The van der Waals surface area contributed by atoms with E-state index in [1.807, 2.05) is 35.1 Å². The van der Waals surface area contributed by atoms with E-state index < -0.39 is 94.3 Å². The van der Waals surface area contributed by atoms with E-state index in [1.165, 1.54) is 47.2 Å². The summed E-state index contributed by atoms with van der Waals surface area (Å²) in [5.41, 5.74) is -3.22. The monoisotopic (exact) mass is 1320 g/mol. The number of halogens is 5. The number of fused-ring (bicyclic) bond motifs is 1. The summed E-state index contributed by atoms with van der Waals surface area (Å²) in [5, 5.41) is 5.19. The third-order valence-electron chi connectivity index (χ3n) is 19.0. The number of allylic oxidation sites excluding steroid dienone is 1. The number of piperidine rings is 1. The molecule has 0 spiro atoms. The average Bonchev–Trinajstić information content (AvgIpc) is 0.958. The Kier molecular flexibility index (Phi) is 19.2. The van der Waals surface area contributed by atoms with Crippen molar-refractivity contribution in [3.05, 3.63) is 119 Å². The molecule has 4 aromatic carbocycles. The van der Waals surface area contributed by atoms with E-state index in [0.717, 1.165) is 66.5 Å². The number of nitrogens with one attached hydrogen (secondary N) is 3. The van der Waals surface area contributed by atoms with Crippen molar-refractivity contribution in [1.29, 1.82) is 0 Å². The van der Waals surface area contributed by atoms with Crippen molar-refractivity contribution in [2.75, 3.05) is 108 Å². The second-order valence-electron chi connectivity index (χ2n) is 25.8. The number of alkyl halides is 5. The van der Waals surface area contributed by atoms with E-state index in [2.05, 4.69) is 44.1 Å². The molecule has 4 heterocycles. The van der Waals surface area contributed by atoms with Crippen LogP contribution in [0.3, 0.4) is 0 Å². The maximum Gasteiger partial charge on any atom is 0.501 e. The lowest BCUT2D eigenvalue weighted by Gasteiger charge is -2.72. The predicted octanol–water partition coefficient (Wildman–Crippen LogP) is 8.24. The molecular formula is C64H75F5N8O11S3. The van der Waals surface area contributed by atoms with Crippen LogP contribution in [0.15, 0.2) is 117 Å². The number of imide groups is 2. The number of sulfone groups is 1. The molecule has 4 aliphatic heterocycles. The second kappa shape index (κ2) is 26.5. The summed E-state index contributed by atoms with van der Waals surface area (Å²) in [6.45, 7) is 12.6. The third-order valence-corrected chi connectivity index (χ3v) is 23.0. The van der Waals surface area contributed by atoms with Gasteiger partial charge in [0.15, 0.2) is 0 Å². The van der Waals surface area contributed by atoms with Crippen molar-refractivity contribution in [3.63, 3.8) is 0 Å². The minimum Gasteiger partial charge on any atom is -0.491 e. The van der Waals surface area contributed by atoms with Crippen molar-refractivity contribution in [2.45, 2.75) is 110 Å². The fourth-order valence-electron chi connectivity index (χ4n) is 13.9. The Balaban J connectivity index is 0.661. The van der Waals surface area contributed by atoms with E-state index in [-0.39, 0.29) is 53.6 Å². The van der Waals surface area contributed by atoms with Crippen LogP contribution in [0.2, 0.25) is 0 Å². The van der Waals surface area contributed by atoms with E-state index in [9.17, 15) is 62.8 Å². The molecular weight excluding hydrogens is 1250 g/mol. The molecule has 0 aromatic heterocycles. The molecule has 490 valence electrons. The van der Waals surface area contributed by atoms with Crippen molar-refractivity contribution < 1.29 is 72.2 Å². The van der Waals surface area contributed by atoms with E-state index in [1.54, 1.807) is 18.2 Å². The Hall–Kier alpha value is -6.49. The number of amides is 5. The highest BCUT2D eigenvalue weighted by molar-refractivity contribution is 7.99. The molecule has 19 nitrogen and oxygen atoms in total. The molecule has 0 radical (unpaired) electrons. The first-order valence-corrected chi connectivity index (χ1v) is 34.7. The van der Waals surface area contributed by atoms with Crippen LogP contribution in [-0.4, -0.2) is 188 Å². The van der Waals surface area contributed by atoms with Crippen LogP contribution in [-0.2, 0) is 34.2 Å². The van der Waals surface area contributed by atoms with Gasteiger partial charge in [-0.05, 0) is 135 Å². The van der Waals surface area contributed by atoms with Gasteiger partial charge in [-0.2, -0.15) is 13.2 Å². The highest BCUT2D eigenvalue weighted by atomic mass is 32.2. The molecule has 2 bridgehead atoms. The molecule has 5 amide bonds. The SMILES string of the molecule is CC1(C)CCC(CN2CCN(c3ccc(C(=O)NS(=O)(=O)c4ccc(N[C@H](CCN5CCN(CCOCCOc6ccc7c(c6)C(=O)N(C6CCC(=O)NC6=O)C7=O)CC5)CSc5ccccc5)c(S(=O)(=O)C(F)(F)F)c4)cc3)CC2)=C(C23CC(C(F)F)(C2)C3)C1. The van der Waals surface area contributed by atoms with Crippen LogP contribution in [0.25, 0.3) is 0 Å². The molecule has 27 heteroatoms. The molecule has 3 N–H and O–H groups in total. The number of ether oxygens (including phenoxy) is 2. The average molecular weight is 1320 g/mol. The highest BCUT2D eigenvalue weighted by Gasteiger charge is 2.73. The van der Waals surface area contributed by atoms with Gasteiger partial charge in [-0.3, -0.25) is 44.0 Å². The molecule has 3 saturated heterocycles. The minimum atomic E-state index is -6.16. The van der Waals surface area contributed by atoms with Crippen molar-refractivity contribution in [3.8, 4) is 5.75 Å². The number of nitrogens with zero attached hydrogens (tertiary/aromatic N) is 5. The Bertz CT molecular complexity index is 3670. The first kappa shape index (κ1) is 66.0. The Morgan fingerprint density at radius 3 is 2.11 bits per heavy atom. The molecule has 6 fully saturated rings. The lowest BCUT2D eigenvalue weighted by molar-refractivity contribution is -0.250. The maximum atomic E-state index is 14.5. The van der Waals surface area contributed by atoms with Crippen LogP contribution < -0.4 is 25.0 Å². The van der Waals surface area contributed by atoms with Gasteiger partial charge in [-0.1, -0.05) is 43.2 Å². The van der Waals surface area contributed by atoms with Gasteiger partial charge < -0.3 is 24.6 Å². The number of thioether (sulfide) groups is 1. The Morgan fingerprint density at radius 1 is 0.769 bits per heavy atom. The second-order valence-corrected chi connectivity index (χ2v) is 30.5. The topological polar surface area (TPSA) is 224 Å². The molecule has 4 aromatic rings. The summed E-state index contributed by atoms with van der Waals surface area (Å²) >= 11 is 1.41. The van der Waals surface area contributed by atoms with Crippen molar-refractivity contribution in [2.24, 2.45) is 16.2 Å². The first-order valence-electron chi connectivity index (χ1n) is 30.8. The zero-order valence-electron chi connectivity index (χ0n) is 50.7. The van der Waals surface area contributed by atoms with Crippen LogP contribution >= 0.6 is 11.8 Å². The van der Waals surface area contributed by atoms with Crippen LogP contribution in [0.5, 0.6) is 5.75 Å². The van der Waals surface area contributed by atoms with Crippen LogP contribution in [0.4, 0.5) is 33.3 Å². The highest BCUT2D eigenvalue weighted by Crippen LogP contribution is 2.79. The van der Waals surface area contributed by atoms with Gasteiger partial charge in [0.2, 0.25) is 18.2 Å². The number of hydrogen-bond acceptors (Lipinski definition) is 17. The normalized spacial score (nSPS) is 23.6. The zero-order valence-corrected chi connectivity index (χ0v) is 53.2. The van der Waals surface area contributed by atoms with Gasteiger partial charge in [-0.25, -0.2) is 30.3 Å². The van der Waals surface area contributed by atoms with Crippen molar-refractivity contribution >= 4 is 72.5 Å². The number of carbonyl (C=O) groups excluding carboxylic acids is 5. The minimum absolute atomic E-state index is 0.00960. The quantitative estimate of drug-likeness (QED) is 0.0187.